The van der Waals surface area contributed by atoms with E-state index in [1.165, 1.54) is 30.5 Å². The standard InChI is InChI=1S/C33H26ClFN4O5/c1-43-33(42)20-10-8-19(9-11-20)14-28(40)31-24-5-2-4-22(21-16-36-18-37-17-21)23(24)12-13-39(31)32(41)29-15-27(38-44-29)25-6-3-7-26(34)30(25)35/h2-11,16-18,29,31H,12-15H2,1H3/t29-,31-/m1/s1. The first-order valence-electron chi connectivity index (χ1n) is 13.9. The molecule has 1 amide bonds. The molecule has 0 N–H and O–H groups in total. The van der Waals surface area contributed by atoms with Crippen molar-refractivity contribution < 1.29 is 28.3 Å². The van der Waals surface area contributed by atoms with Crippen LogP contribution in [0.4, 0.5) is 4.39 Å². The van der Waals surface area contributed by atoms with Crippen molar-refractivity contribution in [2.75, 3.05) is 13.7 Å². The van der Waals surface area contributed by atoms with Crippen molar-refractivity contribution in [2.45, 2.75) is 31.4 Å². The Labute approximate surface area is 257 Å². The number of carbonyl (C=O) groups excluding carboxylic acids is 3. The number of esters is 1. The molecule has 0 bridgehead atoms. The van der Waals surface area contributed by atoms with E-state index in [0.29, 0.717) is 23.1 Å². The highest BCUT2D eigenvalue weighted by Gasteiger charge is 2.42. The fourth-order valence-corrected chi connectivity index (χ4v) is 5.89. The van der Waals surface area contributed by atoms with Gasteiger partial charge in [0.05, 0.1) is 23.4 Å². The van der Waals surface area contributed by atoms with E-state index >= 15 is 0 Å². The lowest BCUT2D eigenvalue weighted by Crippen LogP contribution is -2.48. The van der Waals surface area contributed by atoms with Gasteiger partial charge < -0.3 is 14.5 Å². The lowest BCUT2D eigenvalue weighted by molar-refractivity contribution is -0.149. The van der Waals surface area contributed by atoms with E-state index in [-0.39, 0.29) is 41.5 Å². The number of carbonyl (C=O) groups is 3. The van der Waals surface area contributed by atoms with Gasteiger partial charge in [-0.15, -0.1) is 0 Å². The van der Waals surface area contributed by atoms with Crippen LogP contribution in [-0.4, -0.2) is 58.0 Å². The molecule has 9 nitrogen and oxygen atoms in total. The van der Waals surface area contributed by atoms with Crippen molar-refractivity contribution in [2.24, 2.45) is 5.16 Å². The first-order valence-corrected chi connectivity index (χ1v) is 14.3. The minimum atomic E-state index is -1.04. The number of ether oxygens (including phenoxy) is 1. The van der Waals surface area contributed by atoms with Gasteiger partial charge in [-0.05, 0) is 52.9 Å². The summed E-state index contributed by atoms with van der Waals surface area (Å²) in [5.41, 5.74) is 4.77. The van der Waals surface area contributed by atoms with Crippen molar-refractivity contribution in [3.05, 3.63) is 118 Å². The summed E-state index contributed by atoms with van der Waals surface area (Å²) in [6, 6.07) is 15.9. The number of aromatic nitrogens is 2. The number of rotatable bonds is 7. The van der Waals surface area contributed by atoms with Crippen LogP contribution in [0.5, 0.6) is 0 Å². The number of halogens is 2. The Hall–Kier alpha value is -4.96. The molecule has 6 rings (SSSR count). The maximum Gasteiger partial charge on any atom is 0.337 e. The Morgan fingerprint density at radius 2 is 1.75 bits per heavy atom. The van der Waals surface area contributed by atoms with Gasteiger partial charge in [-0.2, -0.15) is 0 Å². The Balaban J connectivity index is 1.32. The average Bonchev–Trinajstić information content (AvgIpc) is 3.55. The lowest BCUT2D eigenvalue weighted by atomic mass is 9.84. The van der Waals surface area contributed by atoms with Crippen LogP contribution in [0.2, 0.25) is 5.02 Å². The highest BCUT2D eigenvalue weighted by atomic mass is 35.5. The smallest absolute Gasteiger partial charge is 0.337 e. The number of oxime groups is 1. The SMILES string of the molecule is COC(=O)c1ccc(CC(=O)[C@H]2c3cccc(-c4cncnc4)c3CCN2C(=O)[C@H]2CC(c3cccc(Cl)c3F)=NO2)cc1. The average molecular weight is 613 g/mol. The van der Waals surface area contributed by atoms with Gasteiger partial charge in [0, 0.05) is 42.9 Å². The predicted octanol–water partition coefficient (Wildman–Crippen LogP) is 5.15. The molecule has 0 spiro atoms. The Morgan fingerprint density at radius 3 is 2.50 bits per heavy atom. The molecule has 3 heterocycles. The number of benzene rings is 3. The van der Waals surface area contributed by atoms with Crippen molar-refractivity contribution >= 4 is 35.0 Å². The van der Waals surface area contributed by atoms with Crippen molar-refractivity contribution in [3.63, 3.8) is 0 Å². The number of fused-ring (bicyclic) bond motifs is 1. The summed E-state index contributed by atoms with van der Waals surface area (Å²) in [5, 5.41) is 3.95. The highest BCUT2D eigenvalue weighted by Crippen LogP contribution is 2.38. The van der Waals surface area contributed by atoms with Crippen LogP contribution in [0.3, 0.4) is 0 Å². The molecule has 44 heavy (non-hydrogen) atoms. The molecule has 0 aliphatic carbocycles. The third-order valence-corrected chi connectivity index (χ3v) is 8.13. The molecule has 4 aromatic rings. The molecule has 2 aliphatic rings. The molecule has 3 aromatic carbocycles. The molecule has 0 fully saturated rings. The fourth-order valence-electron chi connectivity index (χ4n) is 5.72. The first-order chi connectivity index (χ1) is 21.4. The maximum atomic E-state index is 14.7. The molecule has 2 atom stereocenters. The summed E-state index contributed by atoms with van der Waals surface area (Å²) in [4.78, 5) is 55.3. The maximum absolute atomic E-state index is 14.7. The van der Waals surface area contributed by atoms with Crippen LogP contribution in [0.25, 0.3) is 11.1 Å². The van der Waals surface area contributed by atoms with E-state index in [1.807, 2.05) is 18.2 Å². The summed E-state index contributed by atoms with van der Waals surface area (Å²) in [5.74, 6) is -1.76. The largest absolute Gasteiger partial charge is 0.465 e. The lowest BCUT2D eigenvalue weighted by Gasteiger charge is -2.38. The van der Waals surface area contributed by atoms with Gasteiger partial charge in [-0.25, -0.2) is 19.2 Å². The third kappa shape index (κ3) is 5.56. The summed E-state index contributed by atoms with van der Waals surface area (Å²) < 4.78 is 19.5. The van der Waals surface area contributed by atoms with E-state index in [1.54, 1.807) is 42.7 Å². The molecule has 2 aliphatic heterocycles. The van der Waals surface area contributed by atoms with Crippen LogP contribution in [0.15, 0.2) is 84.5 Å². The van der Waals surface area contributed by atoms with Gasteiger partial charge in [0.2, 0.25) is 6.10 Å². The summed E-state index contributed by atoms with van der Waals surface area (Å²) in [6.07, 6.45) is 4.34. The molecule has 0 unspecified atom stereocenters. The number of methoxy groups -OCH3 is 1. The Morgan fingerprint density at radius 1 is 1.02 bits per heavy atom. The topological polar surface area (TPSA) is 111 Å². The van der Waals surface area contributed by atoms with E-state index in [2.05, 4.69) is 15.1 Å². The van der Waals surface area contributed by atoms with Crippen LogP contribution in [-0.2, 0) is 32.0 Å². The first kappa shape index (κ1) is 29.1. The van der Waals surface area contributed by atoms with Gasteiger partial charge in [-0.3, -0.25) is 9.59 Å². The number of nitrogens with zero attached hydrogens (tertiary/aromatic N) is 4. The zero-order valence-electron chi connectivity index (χ0n) is 23.6. The number of Topliss-reactive ketones (excluding diaryl/α,β-unsaturated/α-hetero) is 1. The number of amides is 1. The monoisotopic (exact) mass is 612 g/mol. The minimum Gasteiger partial charge on any atom is -0.465 e. The van der Waals surface area contributed by atoms with Crippen LogP contribution in [0.1, 0.15) is 45.1 Å². The second-order valence-corrected chi connectivity index (χ2v) is 10.9. The molecule has 11 heteroatoms. The van der Waals surface area contributed by atoms with Crippen LogP contribution in [0, 0.1) is 5.82 Å². The normalized spacial score (nSPS) is 17.3. The van der Waals surface area contributed by atoms with Crippen molar-refractivity contribution in [1.82, 2.24) is 14.9 Å². The second-order valence-electron chi connectivity index (χ2n) is 10.5. The molecular weight excluding hydrogens is 587 g/mol. The zero-order chi connectivity index (χ0) is 30.8. The molecular formula is C33H26ClFN4O5. The van der Waals surface area contributed by atoms with E-state index < -0.39 is 29.8 Å². The van der Waals surface area contributed by atoms with Crippen molar-refractivity contribution in [3.8, 4) is 11.1 Å². The molecule has 0 saturated carbocycles. The molecule has 1 aromatic heterocycles. The third-order valence-electron chi connectivity index (χ3n) is 7.84. The second kappa shape index (κ2) is 12.3. The highest BCUT2D eigenvalue weighted by molar-refractivity contribution is 6.31. The van der Waals surface area contributed by atoms with Crippen LogP contribution < -0.4 is 0 Å². The summed E-state index contributed by atoms with van der Waals surface area (Å²) in [7, 11) is 1.30. The Kier molecular flexibility index (Phi) is 8.17. The molecule has 0 saturated heterocycles. The van der Waals surface area contributed by atoms with Gasteiger partial charge in [0.1, 0.15) is 12.4 Å². The number of hydrogen-bond donors (Lipinski definition) is 0. The summed E-state index contributed by atoms with van der Waals surface area (Å²) >= 11 is 5.96. The quantitative estimate of drug-likeness (QED) is 0.265. The van der Waals surface area contributed by atoms with E-state index in [0.717, 1.165) is 16.7 Å². The van der Waals surface area contributed by atoms with Gasteiger partial charge in [-0.1, -0.05) is 53.2 Å². The van der Waals surface area contributed by atoms with E-state index in [4.69, 9.17) is 21.2 Å². The molecule has 222 valence electrons. The zero-order valence-corrected chi connectivity index (χ0v) is 24.3. The number of hydrogen-bond acceptors (Lipinski definition) is 8. The van der Waals surface area contributed by atoms with Crippen LogP contribution >= 0.6 is 11.6 Å². The summed E-state index contributed by atoms with van der Waals surface area (Å²) in [6.45, 7) is 0.245. The number of ketones is 1. The fraction of sp³-hybridized carbons (Fsp3) is 0.212. The van der Waals surface area contributed by atoms with Crippen molar-refractivity contribution in [1.29, 1.82) is 0 Å². The minimum absolute atomic E-state index is 0.00894. The van der Waals surface area contributed by atoms with Gasteiger partial charge in [0.25, 0.3) is 5.91 Å². The van der Waals surface area contributed by atoms with E-state index in [9.17, 15) is 18.8 Å². The van der Waals surface area contributed by atoms with Gasteiger partial charge in [0.15, 0.2) is 11.6 Å². The predicted molar refractivity (Wildman–Crippen MR) is 160 cm³/mol. The Bertz CT molecular complexity index is 1780. The molecule has 0 radical (unpaired) electrons. The van der Waals surface area contributed by atoms with Gasteiger partial charge >= 0.3 is 5.97 Å².